The van der Waals surface area contributed by atoms with Crippen LogP contribution in [-0.2, 0) is 23.1 Å². The first-order valence-corrected chi connectivity index (χ1v) is 10.0. The van der Waals surface area contributed by atoms with E-state index < -0.39 is 10.0 Å². The highest BCUT2D eigenvalue weighted by molar-refractivity contribution is 7.88. The first-order chi connectivity index (χ1) is 10.8. The number of likely N-dealkylation sites (tertiary alicyclic amines) is 1. The molecule has 1 fully saturated rings. The van der Waals surface area contributed by atoms with Gasteiger partial charge in [-0.1, -0.05) is 13.3 Å². The smallest absolute Gasteiger partial charge is 0.209 e. The molecular weight excluding hydrogens is 352 g/mol. The van der Waals surface area contributed by atoms with Gasteiger partial charge in [-0.3, -0.25) is 9.58 Å². The highest BCUT2D eigenvalue weighted by atomic mass is 35.5. The van der Waals surface area contributed by atoms with E-state index in [0.29, 0.717) is 12.5 Å². The second kappa shape index (κ2) is 9.15. The summed E-state index contributed by atoms with van der Waals surface area (Å²) in [5.41, 5.74) is 2.10. The highest BCUT2D eigenvalue weighted by Gasteiger charge is 2.34. The lowest BCUT2D eigenvalue weighted by Gasteiger charge is -2.17. The van der Waals surface area contributed by atoms with E-state index >= 15 is 0 Å². The van der Waals surface area contributed by atoms with Crippen LogP contribution in [0.4, 0.5) is 0 Å². The minimum Gasteiger partial charge on any atom is -0.394 e. The van der Waals surface area contributed by atoms with Crippen molar-refractivity contribution in [3.05, 3.63) is 17.5 Å². The molecule has 0 bridgehead atoms. The van der Waals surface area contributed by atoms with Crippen LogP contribution in [0.3, 0.4) is 0 Å². The van der Waals surface area contributed by atoms with E-state index in [4.69, 9.17) is 5.11 Å². The van der Waals surface area contributed by atoms with Gasteiger partial charge in [-0.25, -0.2) is 13.1 Å². The second-order valence-corrected chi connectivity index (χ2v) is 8.25. The van der Waals surface area contributed by atoms with Crippen molar-refractivity contribution in [2.75, 3.05) is 26.0 Å². The van der Waals surface area contributed by atoms with Gasteiger partial charge in [0.1, 0.15) is 0 Å². The molecule has 140 valence electrons. The van der Waals surface area contributed by atoms with Crippen LogP contribution in [0.15, 0.2) is 6.20 Å². The molecule has 2 rings (SSSR count). The fourth-order valence-corrected chi connectivity index (χ4v) is 4.15. The van der Waals surface area contributed by atoms with E-state index in [1.54, 1.807) is 4.68 Å². The van der Waals surface area contributed by atoms with Gasteiger partial charge in [-0.05, 0) is 19.3 Å². The van der Waals surface area contributed by atoms with Crippen LogP contribution in [0.5, 0.6) is 0 Å². The molecule has 1 saturated heterocycles. The van der Waals surface area contributed by atoms with Crippen LogP contribution in [0.1, 0.15) is 31.0 Å². The van der Waals surface area contributed by atoms with Gasteiger partial charge in [-0.2, -0.15) is 5.10 Å². The zero-order valence-electron chi connectivity index (χ0n) is 14.6. The van der Waals surface area contributed by atoms with Crippen molar-refractivity contribution in [1.29, 1.82) is 0 Å². The molecular formula is C15H29ClN4O3S. The number of halogens is 1. The molecule has 0 spiro atoms. The maximum Gasteiger partial charge on any atom is 0.209 e. The zero-order chi connectivity index (χ0) is 17.0. The largest absolute Gasteiger partial charge is 0.394 e. The summed E-state index contributed by atoms with van der Waals surface area (Å²) >= 11 is 0. The van der Waals surface area contributed by atoms with Gasteiger partial charge in [0.05, 0.1) is 25.1 Å². The molecule has 1 aliphatic heterocycles. The zero-order valence-corrected chi connectivity index (χ0v) is 16.2. The molecule has 0 radical (unpaired) electrons. The van der Waals surface area contributed by atoms with E-state index in [1.807, 2.05) is 13.1 Å². The van der Waals surface area contributed by atoms with Crippen LogP contribution in [0.25, 0.3) is 0 Å². The molecule has 0 amide bonds. The molecule has 9 heteroatoms. The predicted molar refractivity (Wildman–Crippen MR) is 96.7 cm³/mol. The highest BCUT2D eigenvalue weighted by Crippen LogP contribution is 2.24. The fraction of sp³-hybridized carbons (Fsp3) is 0.800. The van der Waals surface area contributed by atoms with Crippen molar-refractivity contribution < 1.29 is 13.5 Å². The third kappa shape index (κ3) is 6.00. The topological polar surface area (TPSA) is 87.5 Å². The van der Waals surface area contributed by atoms with Crippen LogP contribution in [0, 0.1) is 12.8 Å². The van der Waals surface area contributed by atoms with Crippen molar-refractivity contribution in [3.8, 4) is 0 Å². The number of nitrogens with one attached hydrogen (secondary N) is 1. The van der Waals surface area contributed by atoms with Gasteiger partial charge < -0.3 is 5.11 Å². The molecule has 1 aliphatic rings. The molecule has 1 aromatic heterocycles. The molecule has 7 nitrogen and oxygen atoms in total. The summed E-state index contributed by atoms with van der Waals surface area (Å²) in [5, 5.41) is 13.4. The number of hydrogen-bond acceptors (Lipinski definition) is 5. The van der Waals surface area contributed by atoms with Crippen LogP contribution in [-0.4, -0.2) is 60.2 Å². The van der Waals surface area contributed by atoms with Gasteiger partial charge in [-0.15, -0.1) is 12.4 Å². The van der Waals surface area contributed by atoms with Crippen LogP contribution in [0.2, 0.25) is 0 Å². The van der Waals surface area contributed by atoms with Crippen LogP contribution < -0.4 is 4.72 Å². The summed E-state index contributed by atoms with van der Waals surface area (Å²) in [7, 11) is -3.19. The summed E-state index contributed by atoms with van der Waals surface area (Å²) in [5.74, 6) is 0.350. The number of nitrogens with zero attached hydrogens (tertiary/aromatic N) is 3. The summed E-state index contributed by atoms with van der Waals surface area (Å²) in [4.78, 5) is 2.29. The monoisotopic (exact) mass is 380 g/mol. The van der Waals surface area contributed by atoms with E-state index in [-0.39, 0.29) is 25.1 Å². The maximum atomic E-state index is 11.6. The Bertz CT molecular complexity index is 620. The Hall–Kier alpha value is -0.670. The van der Waals surface area contributed by atoms with E-state index in [0.717, 1.165) is 43.7 Å². The molecule has 0 saturated carbocycles. The number of aryl methyl sites for hydroxylation is 1. The van der Waals surface area contributed by atoms with Crippen molar-refractivity contribution >= 4 is 22.4 Å². The Morgan fingerprint density at radius 1 is 1.42 bits per heavy atom. The molecule has 0 aromatic carbocycles. The Labute approximate surface area is 150 Å². The lowest BCUT2D eigenvalue weighted by atomic mass is 9.99. The lowest BCUT2D eigenvalue weighted by molar-refractivity contribution is 0.269. The van der Waals surface area contributed by atoms with Gasteiger partial charge in [0.15, 0.2) is 0 Å². The van der Waals surface area contributed by atoms with Crippen molar-refractivity contribution in [3.63, 3.8) is 0 Å². The number of sulfonamides is 1. The first-order valence-electron chi connectivity index (χ1n) is 8.15. The number of rotatable bonds is 8. The fourth-order valence-electron chi connectivity index (χ4n) is 3.33. The molecule has 2 N–H and O–H groups in total. The van der Waals surface area contributed by atoms with Gasteiger partial charge >= 0.3 is 0 Å². The number of aliphatic hydroxyl groups excluding tert-OH is 1. The summed E-state index contributed by atoms with van der Waals surface area (Å²) in [6, 6.07) is -0.0160. The van der Waals surface area contributed by atoms with Crippen molar-refractivity contribution in [2.45, 2.75) is 45.8 Å². The molecule has 0 unspecified atom stereocenters. The van der Waals surface area contributed by atoms with Gasteiger partial charge in [0.25, 0.3) is 0 Å². The minimum absolute atomic E-state index is 0. The Kier molecular flexibility index (Phi) is 8.14. The third-order valence-corrected chi connectivity index (χ3v) is 5.04. The Balaban J connectivity index is 0.00000288. The van der Waals surface area contributed by atoms with E-state index in [2.05, 4.69) is 21.6 Å². The SMILES string of the molecule is CCC[C@H]1CN(Cc2cn(CCO)nc2C)C[C@@H]1NS(C)(=O)=O.Cl. The number of aliphatic hydroxyl groups is 1. The lowest BCUT2D eigenvalue weighted by Crippen LogP contribution is -2.39. The molecule has 24 heavy (non-hydrogen) atoms. The third-order valence-electron chi connectivity index (χ3n) is 4.31. The quantitative estimate of drug-likeness (QED) is 0.695. The Morgan fingerprint density at radius 2 is 2.12 bits per heavy atom. The predicted octanol–water partition coefficient (Wildman–Crippen LogP) is 0.755. The average molecular weight is 381 g/mol. The molecule has 0 aliphatic carbocycles. The standard InChI is InChI=1S/C15H28N4O3S.ClH/c1-4-5-13-8-18(11-15(13)17-23(3,21)22)9-14-10-19(6-7-20)16-12(14)2;/h10,13,15,17,20H,4-9,11H2,1-3H3;1H/t13-,15-;/m0./s1. The number of aromatic nitrogens is 2. The second-order valence-electron chi connectivity index (χ2n) is 6.47. The normalized spacial score (nSPS) is 21.8. The Morgan fingerprint density at radius 3 is 2.71 bits per heavy atom. The molecule has 2 heterocycles. The van der Waals surface area contributed by atoms with E-state index in [1.165, 1.54) is 6.26 Å². The van der Waals surface area contributed by atoms with Crippen molar-refractivity contribution in [1.82, 2.24) is 19.4 Å². The summed E-state index contributed by atoms with van der Waals surface area (Å²) in [6.45, 7) is 7.05. The first kappa shape index (κ1) is 21.4. The van der Waals surface area contributed by atoms with Gasteiger partial charge in [0.2, 0.25) is 10.0 Å². The molecule has 1 aromatic rings. The summed E-state index contributed by atoms with van der Waals surface area (Å²) < 4.78 is 27.7. The average Bonchev–Trinajstić information content (AvgIpc) is 2.94. The van der Waals surface area contributed by atoms with Crippen LogP contribution >= 0.6 is 12.4 Å². The molecule has 2 atom stereocenters. The van der Waals surface area contributed by atoms with Gasteiger partial charge in [0, 0.05) is 37.4 Å². The maximum absolute atomic E-state index is 11.6. The van der Waals surface area contributed by atoms with E-state index in [9.17, 15) is 8.42 Å². The minimum atomic E-state index is -3.19. The van der Waals surface area contributed by atoms with Crippen molar-refractivity contribution in [2.24, 2.45) is 5.92 Å². The summed E-state index contributed by atoms with van der Waals surface area (Å²) in [6.07, 6.45) is 5.26. The number of hydrogen-bond donors (Lipinski definition) is 2.